The summed E-state index contributed by atoms with van der Waals surface area (Å²) in [6, 6.07) is 9.79. The van der Waals surface area contributed by atoms with E-state index in [2.05, 4.69) is 4.98 Å². The first-order valence-electron chi connectivity index (χ1n) is 5.81. The lowest BCUT2D eigenvalue weighted by Crippen LogP contribution is -2.07. The van der Waals surface area contributed by atoms with Gasteiger partial charge >= 0.3 is 0 Å². The number of carbonyl (C=O) groups is 1. The summed E-state index contributed by atoms with van der Waals surface area (Å²) in [5.74, 6) is 0.159. The number of carbonyl (C=O) groups excluding carboxylic acids is 1. The van der Waals surface area contributed by atoms with Gasteiger partial charge in [0, 0.05) is 25.2 Å². The zero-order valence-corrected chi connectivity index (χ0v) is 10.9. The van der Waals surface area contributed by atoms with Crippen molar-refractivity contribution in [2.75, 3.05) is 0 Å². The molecule has 3 heteroatoms. The van der Waals surface area contributed by atoms with Crippen LogP contribution in [0.15, 0.2) is 42.7 Å². The van der Waals surface area contributed by atoms with E-state index in [4.69, 9.17) is 11.6 Å². The van der Waals surface area contributed by atoms with E-state index >= 15 is 0 Å². The second kappa shape index (κ2) is 5.78. The molecule has 0 saturated heterocycles. The maximum Gasteiger partial charge on any atom is 0.141 e. The molecule has 0 bridgehead atoms. The Morgan fingerprint density at radius 3 is 2.56 bits per heavy atom. The Bertz CT molecular complexity index is 549. The van der Waals surface area contributed by atoms with Gasteiger partial charge in [-0.25, -0.2) is 0 Å². The maximum absolute atomic E-state index is 11.9. The molecule has 0 saturated carbocycles. The zero-order valence-electron chi connectivity index (χ0n) is 10.2. The third kappa shape index (κ3) is 3.41. The van der Waals surface area contributed by atoms with Gasteiger partial charge in [0.2, 0.25) is 0 Å². The van der Waals surface area contributed by atoms with Crippen LogP contribution in [0.25, 0.3) is 0 Å². The van der Waals surface area contributed by atoms with Crippen molar-refractivity contribution in [2.45, 2.75) is 19.8 Å². The summed E-state index contributed by atoms with van der Waals surface area (Å²) < 4.78 is 0. The van der Waals surface area contributed by atoms with Crippen molar-refractivity contribution < 1.29 is 4.79 Å². The minimum Gasteiger partial charge on any atom is -0.299 e. The van der Waals surface area contributed by atoms with Gasteiger partial charge in [0.1, 0.15) is 5.78 Å². The molecule has 1 aromatic carbocycles. The number of aromatic nitrogens is 1. The molecule has 1 heterocycles. The van der Waals surface area contributed by atoms with Crippen LogP contribution >= 0.6 is 11.6 Å². The van der Waals surface area contributed by atoms with Crippen LogP contribution < -0.4 is 0 Å². The second-order valence-electron chi connectivity index (χ2n) is 4.34. The highest BCUT2D eigenvalue weighted by molar-refractivity contribution is 6.31. The number of nitrogens with zero attached hydrogens (tertiary/aromatic N) is 1. The molecular formula is C15H14ClNO. The lowest BCUT2D eigenvalue weighted by molar-refractivity contribution is -0.117. The van der Waals surface area contributed by atoms with Crippen LogP contribution in [0, 0.1) is 6.92 Å². The molecule has 0 aliphatic heterocycles. The van der Waals surface area contributed by atoms with Crippen LogP contribution in [0.5, 0.6) is 0 Å². The zero-order chi connectivity index (χ0) is 13.0. The fraction of sp³-hybridized carbons (Fsp3) is 0.200. The van der Waals surface area contributed by atoms with Crippen LogP contribution in [-0.2, 0) is 17.6 Å². The quantitative estimate of drug-likeness (QED) is 0.842. The van der Waals surface area contributed by atoms with E-state index in [9.17, 15) is 4.79 Å². The third-order valence-corrected chi connectivity index (χ3v) is 3.11. The average molecular weight is 260 g/mol. The van der Waals surface area contributed by atoms with Gasteiger partial charge in [-0.05, 0) is 24.1 Å². The second-order valence-corrected chi connectivity index (χ2v) is 4.75. The standard InChI is InChI=1S/C15H14ClNO/c1-11-2-4-12(5-3-11)8-14(18)9-13-6-7-17-10-15(13)16/h2-7,10H,8-9H2,1H3. The van der Waals surface area contributed by atoms with Gasteiger partial charge in [-0.2, -0.15) is 0 Å². The van der Waals surface area contributed by atoms with E-state index in [1.807, 2.05) is 31.2 Å². The van der Waals surface area contributed by atoms with Crippen molar-refractivity contribution in [3.05, 3.63) is 64.4 Å². The fourth-order valence-corrected chi connectivity index (χ4v) is 1.94. The van der Waals surface area contributed by atoms with E-state index in [-0.39, 0.29) is 5.78 Å². The largest absolute Gasteiger partial charge is 0.299 e. The molecule has 1 aromatic heterocycles. The smallest absolute Gasteiger partial charge is 0.141 e. The Hall–Kier alpha value is -1.67. The van der Waals surface area contributed by atoms with Gasteiger partial charge < -0.3 is 0 Å². The Balaban J connectivity index is 2.01. The molecule has 0 aliphatic rings. The molecular weight excluding hydrogens is 246 g/mol. The minimum absolute atomic E-state index is 0.159. The fourth-order valence-electron chi connectivity index (χ4n) is 1.76. The van der Waals surface area contributed by atoms with Gasteiger partial charge in [-0.3, -0.25) is 9.78 Å². The van der Waals surface area contributed by atoms with Gasteiger partial charge in [-0.15, -0.1) is 0 Å². The van der Waals surface area contributed by atoms with Gasteiger partial charge in [0.05, 0.1) is 5.02 Å². The van der Waals surface area contributed by atoms with Crippen LogP contribution in [-0.4, -0.2) is 10.8 Å². The summed E-state index contributed by atoms with van der Waals surface area (Å²) in [6.07, 6.45) is 4.02. The number of benzene rings is 1. The first-order chi connectivity index (χ1) is 8.65. The third-order valence-electron chi connectivity index (χ3n) is 2.77. The molecule has 0 spiro atoms. The van der Waals surface area contributed by atoms with Crippen LogP contribution in [0.1, 0.15) is 16.7 Å². The Labute approximate surface area is 112 Å². The molecule has 18 heavy (non-hydrogen) atoms. The molecule has 2 nitrogen and oxygen atoms in total. The number of hydrogen-bond acceptors (Lipinski definition) is 2. The Kier molecular flexibility index (Phi) is 4.11. The lowest BCUT2D eigenvalue weighted by atomic mass is 10.0. The summed E-state index contributed by atoms with van der Waals surface area (Å²) in [7, 11) is 0. The molecule has 2 aromatic rings. The normalized spacial score (nSPS) is 10.3. The van der Waals surface area contributed by atoms with E-state index < -0.39 is 0 Å². The SMILES string of the molecule is Cc1ccc(CC(=O)Cc2ccncc2Cl)cc1. The maximum atomic E-state index is 11.9. The molecule has 0 aliphatic carbocycles. The van der Waals surface area contributed by atoms with E-state index in [1.54, 1.807) is 18.5 Å². The van der Waals surface area contributed by atoms with Gasteiger partial charge in [-0.1, -0.05) is 41.4 Å². The number of rotatable bonds is 4. The Morgan fingerprint density at radius 2 is 1.89 bits per heavy atom. The summed E-state index contributed by atoms with van der Waals surface area (Å²) in [5, 5.41) is 0.551. The monoisotopic (exact) mass is 259 g/mol. The summed E-state index contributed by atoms with van der Waals surface area (Å²) in [5.41, 5.74) is 3.07. The molecule has 0 radical (unpaired) electrons. The highest BCUT2D eigenvalue weighted by Crippen LogP contribution is 2.15. The molecule has 0 amide bonds. The topological polar surface area (TPSA) is 30.0 Å². The minimum atomic E-state index is 0.159. The van der Waals surface area contributed by atoms with Crippen LogP contribution in [0.4, 0.5) is 0 Å². The molecule has 0 atom stereocenters. The average Bonchev–Trinajstić information content (AvgIpc) is 2.35. The lowest BCUT2D eigenvalue weighted by Gasteiger charge is -2.04. The van der Waals surface area contributed by atoms with Crippen molar-refractivity contribution in [1.29, 1.82) is 0 Å². The van der Waals surface area contributed by atoms with Crippen molar-refractivity contribution in [3.63, 3.8) is 0 Å². The van der Waals surface area contributed by atoms with E-state index in [1.165, 1.54) is 5.56 Å². The number of ketones is 1. The Morgan fingerprint density at radius 1 is 1.17 bits per heavy atom. The first-order valence-corrected chi connectivity index (χ1v) is 6.18. The van der Waals surface area contributed by atoms with Crippen molar-refractivity contribution in [1.82, 2.24) is 4.98 Å². The van der Waals surface area contributed by atoms with Gasteiger partial charge in [0.25, 0.3) is 0 Å². The first kappa shape index (κ1) is 12.8. The number of pyridine rings is 1. The van der Waals surface area contributed by atoms with Gasteiger partial charge in [0.15, 0.2) is 0 Å². The number of aryl methyl sites for hydroxylation is 1. The molecule has 92 valence electrons. The van der Waals surface area contributed by atoms with E-state index in [0.717, 1.165) is 11.1 Å². The molecule has 0 fully saturated rings. The van der Waals surface area contributed by atoms with Crippen LogP contribution in [0.2, 0.25) is 5.02 Å². The summed E-state index contributed by atoms with van der Waals surface area (Å²) >= 11 is 5.98. The number of halogens is 1. The van der Waals surface area contributed by atoms with Crippen molar-refractivity contribution in [2.24, 2.45) is 0 Å². The van der Waals surface area contributed by atoms with Crippen molar-refractivity contribution >= 4 is 17.4 Å². The molecule has 2 rings (SSSR count). The predicted molar refractivity (Wildman–Crippen MR) is 72.8 cm³/mol. The summed E-state index contributed by atoms with van der Waals surface area (Å²) in [6.45, 7) is 2.03. The molecule has 0 unspecified atom stereocenters. The molecule has 0 N–H and O–H groups in total. The predicted octanol–water partition coefficient (Wildman–Crippen LogP) is 3.40. The highest BCUT2D eigenvalue weighted by atomic mass is 35.5. The number of Topliss-reactive ketones (excluding diaryl/α,β-unsaturated/α-hetero) is 1. The van der Waals surface area contributed by atoms with E-state index in [0.29, 0.717) is 17.9 Å². The van der Waals surface area contributed by atoms with Crippen LogP contribution in [0.3, 0.4) is 0 Å². The summed E-state index contributed by atoms with van der Waals surface area (Å²) in [4.78, 5) is 15.8. The van der Waals surface area contributed by atoms with Crippen molar-refractivity contribution in [3.8, 4) is 0 Å². The highest BCUT2D eigenvalue weighted by Gasteiger charge is 2.08. The number of hydrogen-bond donors (Lipinski definition) is 0.